The molecule has 5 heteroatoms. The SMILES string of the molecule is C=CC(=O)NC(C)(CC)c1nc2c(c(=O)[nH]1)CCCC2. The largest absolute Gasteiger partial charge is 0.340 e. The highest BCUT2D eigenvalue weighted by Crippen LogP contribution is 2.23. The molecule has 108 valence electrons. The lowest BCUT2D eigenvalue weighted by atomic mass is 9.94. The van der Waals surface area contributed by atoms with Gasteiger partial charge in [0.05, 0.1) is 11.2 Å². The lowest BCUT2D eigenvalue weighted by Crippen LogP contribution is -2.45. The third kappa shape index (κ3) is 2.66. The van der Waals surface area contributed by atoms with E-state index in [0.29, 0.717) is 12.2 Å². The molecule has 0 saturated heterocycles. The molecule has 0 aromatic carbocycles. The first-order valence-electron chi connectivity index (χ1n) is 7.07. The van der Waals surface area contributed by atoms with Crippen LogP contribution in [-0.2, 0) is 23.2 Å². The van der Waals surface area contributed by atoms with E-state index < -0.39 is 5.54 Å². The first kappa shape index (κ1) is 14.5. The fourth-order valence-corrected chi connectivity index (χ4v) is 2.50. The average Bonchev–Trinajstić information content (AvgIpc) is 2.47. The van der Waals surface area contributed by atoms with E-state index in [9.17, 15) is 9.59 Å². The van der Waals surface area contributed by atoms with Crippen molar-refractivity contribution in [3.63, 3.8) is 0 Å². The van der Waals surface area contributed by atoms with E-state index >= 15 is 0 Å². The molecule has 1 heterocycles. The summed E-state index contributed by atoms with van der Waals surface area (Å²) < 4.78 is 0. The van der Waals surface area contributed by atoms with Crippen molar-refractivity contribution < 1.29 is 4.79 Å². The van der Waals surface area contributed by atoms with Crippen LogP contribution in [0.2, 0.25) is 0 Å². The van der Waals surface area contributed by atoms with E-state index in [1.165, 1.54) is 6.08 Å². The van der Waals surface area contributed by atoms with Crippen molar-refractivity contribution in [2.24, 2.45) is 0 Å². The van der Waals surface area contributed by atoms with Gasteiger partial charge < -0.3 is 10.3 Å². The van der Waals surface area contributed by atoms with Gasteiger partial charge in [0.2, 0.25) is 5.91 Å². The molecular weight excluding hydrogens is 254 g/mol. The van der Waals surface area contributed by atoms with Crippen LogP contribution in [0.4, 0.5) is 0 Å². The van der Waals surface area contributed by atoms with E-state index in [4.69, 9.17) is 0 Å². The zero-order chi connectivity index (χ0) is 14.8. The second-order valence-electron chi connectivity index (χ2n) is 5.43. The molecule has 1 aromatic heterocycles. The number of hydrogen-bond acceptors (Lipinski definition) is 3. The van der Waals surface area contributed by atoms with Gasteiger partial charge in [0.15, 0.2) is 0 Å². The van der Waals surface area contributed by atoms with Crippen molar-refractivity contribution in [3.05, 3.63) is 40.1 Å². The minimum absolute atomic E-state index is 0.0720. The van der Waals surface area contributed by atoms with Crippen LogP contribution in [0.5, 0.6) is 0 Å². The van der Waals surface area contributed by atoms with Crippen molar-refractivity contribution in [1.29, 1.82) is 0 Å². The molecule has 1 unspecified atom stereocenters. The number of fused-ring (bicyclic) bond motifs is 1. The number of nitrogens with zero attached hydrogens (tertiary/aromatic N) is 1. The zero-order valence-electron chi connectivity index (χ0n) is 12.1. The minimum Gasteiger partial charge on any atom is -0.340 e. The number of carbonyl (C=O) groups is 1. The molecule has 1 aromatic rings. The molecule has 0 aliphatic heterocycles. The van der Waals surface area contributed by atoms with E-state index in [2.05, 4.69) is 21.9 Å². The first-order valence-corrected chi connectivity index (χ1v) is 7.07. The topological polar surface area (TPSA) is 74.8 Å². The highest BCUT2D eigenvalue weighted by Gasteiger charge is 2.30. The van der Waals surface area contributed by atoms with E-state index in [1.54, 1.807) is 0 Å². The number of nitrogens with one attached hydrogen (secondary N) is 2. The summed E-state index contributed by atoms with van der Waals surface area (Å²) in [5, 5.41) is 2.85. The van der Waals surface area contributed by atoms with Gasteiger partial charge in [-0.05, 0) is 45.1 Å². The summed E-state index contributed by atoms with van der Waals surface area (Å²) in [6.07, 6.45) is 5.58. The molecule has 0 radical (unpaired) electrons. The van der Waals surface area contributed by atoms with Crippen molar-refractivity contribution in [2.45, 2.75) is 51.5 Å². The molecule has 20 heavy (non-hydrogen) atoms. The highest BCUT2D eigenvalue weighted by atomic mass is 16.1. The van der Waals surface area contributed by atoms with Crippen molar-refractivity contribution in [3.8, 4) is 0 Å². The summed E-state index contributed by atoms with van der Waals surface area (Å²) in [5.74, 6) is 0.260. The molecule has 2 rings (SSSR count). The van der Waals surface area contributed by atoms with Gasteiger partial charge >= 0.3 is 0 Å². The summed E-state index contributed by atoms with van der Waals surface area (Å²) in [6.45, 7) is 7.27. The first-order chi connectivity index (χ1) is 9.50. The summed E-state index contributed by atoms with van der Waals surface area (Å²) >= 11 is 0. The normalized spacial score (nSPS) is 16.9. The molecular formula is C15H21N3O2. The maximum absolute atomic E-state index is 12.2. The lowest BCUT2D eigenvalue weighted by Gasteiger charge is -2.29. The van der Waals surface area contributed by atoms with Gasteiger partial charge in [0, 0.05) is 5.56 Å². The Kier molecular flexibility index (Phi) is 4.06. The van der Waals surface area contributed by atoms with E-state index in [-0.39, 0.29) is 11.5 Å². The molecule has 0 fully saturated rings. The van der Waals surface area contributed by atoms with Crippen LogP contribution in [0.15, 0.2) is 17.4 Å². The predicted octanol–water partition coefficient (Wildman–Crippen LogP) is 1.58. The quantitative estimate of drug-likeness (QED) is 0.819. The summed E-state index contributed by atoms with van der Waals surface area (Å²) in [4.78, 5) is 31.2. The number of H-pyrrole nitrogens is 1. The second-order valence-corrected chi connectivity index (χ2v) is 5.43. The van der Waals surface area contributed by atoms with Crippen LogP contribution in [0.1, 0.15) is 50.2 Å². The van der Waals surface area contributed by atoms with Gasteiger partial charge in [-0.1, -0.05) is 13.5 Å². The fraction of sp³-hybridized carbons (Fsp3) is 0.533. The van der Waals surface area contributed by atoms with Gasteiger partial charge in [0.25, 0.3) is 5.56 Å². The predicted molar refractivity (Wildman–Crippen MR) is 77.5 cm³/mol. The molecule has 0 spiro atoms. The van der Waals surface area contributed by atoms with Gasteiger partial charge in [-0.15, -0.1) is 0 Å². The smallest absolute Gasteiger partial charge is 0.254 e. The maximum atomic E-state index is 12.2. The Morgan fingerprint density at radius 2 is 2.20 bits per heavy atom. The Balaban J connectivity index is 2.45. The molecule has 5 nitrogen and oxygen atoms in total. The summed E-state index contributed by atoms with van der Waals surface area (Å²) in [7, 11) is 0. The van der Waals surface area contributed by atoms with Crippen molar-refractivity contribution in [1.82, 2.24) is 15.3 Å². The summed E-state index contributed by atoms with van der Waals surface area (Å²) in [6, 6.07) is 0. The van der Waals surface area contributed by atoms with Crippen molar-refractivity contribution in [2.75, 3.05) is 0 Å². The number of hydrogen-bond donors (Lipinski definition) is 2. The average molecular weight is 275 g/mol. The van der Waals surface area contributed by atoms with E-state index in [0.717, 1.165) is 36.9 Å². The Labute approximate surface area is 118 Å². The van der Waals surface area contributed by atoms with Gasteiger partial charge in [-0.2, -0.15) is 0 Å². The number of aromatic amines is 1. The Morgan fingerprint density at radius 3 is 2.85 bits per heavy atom. The van der Waals surface area contributed by atoms with Gasteiger partial charge in [-0.3, -0.25) is 9.59 Å². The maximum Gasteiger partial charge on any atom is 0.254 e. The van der Waals surface area contributed by atoms with Crippen LogP contribution in [0, 0.1) is 0 Å². The van der Waals surface area contributed by atoms with Crippen LogP contribution in [-0.4, -0.2) is 15.9 Å². The lowest BCUT2D eigenvalue weighted by molar-refractivity contribution is -0.118. The molecule has 2 N–H and O–H groups in total. The number of aryl methyl sites for hydroxylation is 1. The molecule has 1 amide bonds. The van der Waals surface area contributed by atoms with Crippen LogP contribution >= 0.6 is 0 Å². The molecule has 0 bridgehead atoms. The summed E-state index contributed by atoms with van der Waals surface area (Å²) in [5.41, 5.74) is 0.921. The van der Waals surface area contributed by atoms with Crippen molar-refractivity contribution >= 4 is 5.91 Å². The fourth-order valence-electron chi connectivity index (χ4n) is 2.50. The van der Waals surface area contributed by atoms with Gasteiger partial charge in [0.1, 0.15) is 5.82 Å². The number of aromatic nitrogens is 2. The van der Waals surface area contributed by atoms with Gasteiger partial charge in [-0.25, -0.2) is 4.98 Å². The van der Waals surface area contributed by atoms with E-state index in [1.807, 2.05) is 13.8 Å². The van der Waals surface area contributed by atoms with Crippen LogP contribution < -0.4 is 10.9 Å². The van der Waals surface area contributed by atoms with Crippen LogP contribution in [0.25, 0.3) is 0 Å². The Morgan fingerprint density at radius 1 is 1.50 bits per heavy atom. The Bertz CT molecular complexity index is 591. The minimum atomic E-state index is -0.684. The monoisotopic (exact) mass is 275 g/mol. The zero-order valence-corrected chi connectivity index (χ0v) is 12.1. The highest BCUT2D eigenvalue weighted by molar-refractivity contribution is 5.87. The second kappa shape index (κ2) is 5.61. The Hall–Kier alpha value is -1.91. The number of amides is 1. The van der Waals surface area contributed by atoms with Crippen LogP contribution in [0.3, 0.4) is 0 Å². The molecule has 1 aliphatic carbocycles. The standard InChI is InChI=1S/C15H21N3O2/c1-4-12(19)18-15(3,5-2)14-16-11-9-7-6-8-10(11)13(20)17-14/h4H,1,5-9H2,2-3H3,(H,18,19)(H,16,17,20). The molecule has 1 aliphatic rings. The number of carbonyl (C=O) groups excluding carboxylic acids is 1. The number of rotatable bonds is 4. The third-order valence-corrected chi connectivity index (χ3v) is 4.01. The third-order valence-electron chi connectivity index (χ3n) is 4.01. The molecule has 0 saturated carbocycles. The molecule has 1 atom stereocenters.